The third kappa shape index (κ3) is 6.05. The maximum Gasteiger partial charge on any atom is 0.0351 e. The molecule has 3 nitrogen and oxygen atoms in total. The molecule has 0 unspecified atom stereocenters. The van der Waals surface area contributed by atoms with Crippen molar-refractivity contribution >= 4 is 11.6 Å². The van der Waals surface area contributed by atoms with Gasteiger partial charge in [0.05, 0.1) is 0 Å². The quantitative estimate of drug-likeness (QED) is 0.645. The summed E-state index contributed by atoms with van der Waals surface area (Å²) in [5.74, 6) is 0.763. The molecule has 0 amide bonds. The maximum absolute atomic E-state index is 5.80. The fourth-order valence-corrected chi connectivity index (χ4v) is 2.65. The Kier molecular flexibility index (Phi) is 8.19. The molecule has 1 heterocycles. The summed E-state index contributed by atoms with van der Waals surface area (Å²) in [7, 11) is 0. The van der Waals surface area contributed by atoms with Crippen LogP contribution in [0, 0.1) is 0 Å². The minimum absolute atomic E-state index is 0.763. The molecule has 102 valence electrons. The van der Waals surface area contributed by atoms with E-state index < -0.39 is 0 Å². The van der Waals surface area contributed by atoms with E-state index in [4.69, 9.17) is 11.6 Å². The molecule has 0 atom stereocenters. The largest absolute Gasteiger partial charge is 0.303 e. The predicted octanol–water partition coefficient (Wildman–Crippen LogP) is 1.57. The van der Waals surface area contributed by atoms with Crippen molar-refractivity contribution in [1.82, 2.24) is 14.7 Å². The molecule has 1 aliphatic heterocycles. The predicted molar refractivity (Wildman–Crippen MR) is 76.0 cm³/mol. The lowest BCUT2D eigenvalue weighted by Crippen LogP contribution is -2.37. The molecule has 0 saturated carbocycles. The number of rotatable bonds is 7. The highest BCUT2D eigenvalue weighted by Gasteiger charge is 2.14. The second-order valence-electron chi connectivity index (χ2n) is 4.75. The molecular formula is C13H28ClN3. The van der Waals surface area contributed by atoms with Crippen LogP contribution in [0.25, 0.3) is 0 Å². The van der Waals surface area contributed by atoms with Crippen LogP contribution in [0.4, 0.5) is 0 Å². The molecule has 4 heteroatoms. The maximum atomic E-state index is 5.80. The van der Waals surface area contributed by atoms with Crippen LogP contribution in [0.5, 0.6) is 0 Å². The van der Waals surface area contributed by atoms with Crippen molar-refractivity contribution < 1.29 is 0 Å². The SMILES string of the molecule is CCN(CC)CCN1CCCN(CCCl)CC1. The van der Waals surface area contributed by atoms with E-state index in [1.165, 1.54) is 58.8 Å². The van der Waals surface area contributed by atoms with E-state index >= 15 is 0 Å². The van der Waals surface area contributed by atoms with Crippen LogP contribution in [0.1, 0.15) is 20.3 Å². The fourth-order valence-electron chi connectivity index (χ4n) is 2.41. The topological polar surface area (TPSA) is 9.72 Å². The number of nitrogens with zero attached hydrogens (tertiary/aromatic N) is 3. The highest BCUT2D eigenvalue weighted by Crippen LogP contribution is 2.03. The Morgan fingerprint density at radius 2 is 1.53 bits per heavy atom. The van der Waals surface area contributed by atoms with Gasteiger partial charge in [0, 0.05) is 38.6 Å². The summed E-state index contributed by atoms with van der Waals surface area (Å²) >= 11 is 5.80. The van der Waals surface area contributed by atoms with Gasteiger partial charge in [0.2, 0.25) is 0 Å². The molecule has 0 aromatic heterocycles. The lowest BCUT2D eigenvalue weighted by molar-refractivity contribution is 0.215. The minimum atomic E-state index is 0.763. The van der Waals surface area contributed by atoms with Gasteiger partial charge in [0.15, 0.2) is 0 Å². The van der Waals surface area contributed by atoms with Crippen LogP contribution >= 0.6 is 11.6 Å². The Morgan fingerprint density at radius 1 is 0.941 bits per heavy atom. The highest BCUT2D eigenvalue weighted by molar-refractivity contribution is 6.18. The standard InChI is InChI=1S/C13H28ClN3/c1-3-15(4-2)10-11-17-8-5-7-16(9-6-14)12-13-17/h3-13H2,1-2H3. The molecule has 1 saturated heterocycles. The number of likely N-dealkylation sites (N-methyl/N-ethyl adjacent to an activating group) is 1. The smallest absolute Gasteiger partial charge is 0.0351 e. The van der Waals surface area contributed by atoms with Gasteiger partial charge in [-0.2, -0.15) is 0 Å². The van der Waals surface area contributed by atoms with Crippen LogP contribution in [-0.2, 0) is 0 Å². The first-order valence-electron chi connectivity index (χ1n) is 7.03. The van der Waals surface area contributed by atoms with E-state index in [0.717, 1.165) is 12.4 Å². The van der Waals surface area contributed by atoms with Gasteiger partial charge in [-0.3, -0.25) is 0 Å². The van der Waals surface area contributed by atoms with E-state index in [9.17, 15) is 0 Å². The molecule has 17 heavy (non-hydrogen) atoms. The van der Waals surface area contributed by atoms with Crippen molar-refractivity contribution in [2.45, 2.75) is 20.3 Å². The van der Waals surface area contributed by atoms with Gasteiger partial charge in [-0.1, -0.05) is 13.8 Å². The van der Waals surface area contributed by atoms with E-state index in [2.05, 4.69) is 28.5 Å². The fraction of sp³-hybridized carbons (Fsp3) is 1.00. The summed E-state index contributed by atoms with van der Waals surface area (Å²) in [4.78, 5) is 7.60. The average molecular weight is 262 g/mol. The highest BCUT2D eigenvalue weighted by atomic mass is 35.5. The molecular weight excluding hydrogens is 234 g/mol. The van der Waals surface area contributed by atoms with Gasteiger partial charge >= 0.3 is 0 Å². The summed E-state index contributed by atoms with van der Waals surface area (Å²) < 4.78 is 0. The van der Waals surface area contributed by atoms with Gasteiger partial charge in [0.1, 0.15) is 0 Å². The lowest BCUT2D eigenvalue weighted by atomic mass is 10.3. The van der Waals surface area contributed by atoms with E-state index in [1.807, 2.05) is 0 Å². The first-order chi connectivity index (χ1) is 8.30. The number of alkyl halides is 1. The Balaban J connectivity index is 2.21. The van der Waals surface area contributed by atoms with Crippen LogP contribution in [0.15, 0.2) is 0 Å². The normalized spacial score (nSPS) is 19.8. The van der Waals surface area contributed by atoms with Gasteiger partial charge in [-0.25, -0.2) is 0 Å². The Bertz CT molecular complexity index is 186. The van der Waals surface area contributed by atoms with Gasteiger partial charge in [-0.05, 0) is 32.6 Å². The number of halogens is 1. The zero-order valence-electron chi connectivity index (χ0n) is 11.5. The summed E-state index contributed by atoms with van der Waals surface area (Å²) in [6.45, 7) is 15.2. The van der Waals surface area contributed by atoms with Gasteiger partial charge in [0.25, 0.3) is 0 Å². The third-order valence-electron chi connectivity index (χ3n) is 3.71. The molecule has 0 radical (unpaired) electrons. The van der Waals surface area contributed by atoms with Gasteiger partial charge < -0.3 is 14.7 Å². The van der Waals surface area contributed by atoms with Crippen LogP contribution in [0.3, 0.4) is 0 Å². The molecule has 0 bridgehead atoms. The van der Waals surface area contributed by atoms with Crippen molar-refractivity contribution in [2.24, 2.45) is 0 Å². The molecule has 0 aromatic carbocycles. The van der Waals surface area contributed by atoms with E-state index in [1.54, 1.807) is 0 Å². The van der Waals surface area contributed by atoms with Crippen molar-refractivity contribution in [1.29, 1.82) is 0 Å². The summed E-state index contributed by atoms with van der Waals surface area (Å²) in [5, 5.41) is 0. The second kappa shape index (κ2) is 9.15. The number of hydrogen-bond donors (Lipinski definition) is 0. The molecule has 1 aliphatic rings. The zero-order valence-corrected chi connectivity index (χ0v) is 12.3. The molecule has 1 rings (SSSR count). The molecule has 0 aliphatic carbocycles. The second-order valence-corrected chi connectivity index (χ2v) is 5.13. The third-order valence-corrected chi connectivity index (χ3v) is 3.88. The monoisotopic (exact) mass is 261 g/mol. The van der Waals surface area contributed by atoms with Crippen LogP contribution in [0.2, 0.25) is 0 Å². The van der Waals surface area contributed by atoms with Crippen LogP contribution in [-0.4, -0.2) is 79.5 Å². The summed E-state index contributed by atoms with van der Waals surface area (Å²) in [5.41, 5.74) is 0. The van der Waals surface area contributed by atoms with E-state index in [0.29, 0.717) is 0 Å². The van der Waals surface area contributed by atoms with E-state index in [-0.39, 0.29) is 0 Å². The molecule has 1 fully saturated rings. The molecule has 0 aromatic rings. The average Bonchev–Trinajstić information content (AvgIpc) is 2.57. The lowest BCUT2D eigenvalue weighted by Gasteiger charge is -2.25. The van der Waals surface area contributed by atoms with Crippen molar-refractivity contribution in [3.8, 4) is 0 Å². The molecule has 0 N–H and O–H groups in total. The van der Waals surface area contributed by atoms with Gasteiger partial charge in [-0.15, -0.1) is 11.6 Å². The minimum Gasteiger partial charge on any atom is -0.303 e. The summed E-state index contributed by atoms with van der Waals surface area (Å²) in [6, 6.07) is 0. The number of hydrogen-bond acceptors (Lipinski definition) is 3. The zero-order chi connectivity index (χ0) is 12.5. The van der Waals surface area contributed by atoms with Crippen molar-refractivity contribution in [2.75, 3.05) is 64.8 Å². The summed E-state index contributed by atoms with van der Waals surface area (Å²) in [6.07, 6.45) is 1.29. The van der Waals surface area contributed by atoms with Crippen molar-refractivity contribution in [3.63, 3.8) is 0 Å². The Hall–Kier alpha value is 0.170. The Labute approximate surface area is 112 Å². The van der Waals surface area contributed by atoms with Crippen LogP contribution < -0.4 is 0 Å². The first kappa shape index (κ1) is 15.2. The Morgan fingerprint density at radius 3 is 2.06 bits per heavy atom. The molecule has 0 spiro atoms. The first-order valence-corrected chi connectivity index (χ1v) is 7.56. The van der Waals surface area contributed by atoms with Crippen molar-refractivity contribution in [3.05, 3.63) is 0 Å².